The summed E-state index contributed by atoms with van der Waals surface area (Å²) in [6.45, 7) is 3.74. The zero-order valence-electron chi connectivity index (χ0n) is 15.1. The third-order valence-electron chi connectivity index (χ3n) is 5.37. The lowest BCUT2D eigenvalue weighted by molar-refractivity contribution is 0.180. The van der Waals surface area contributed by atoms with Crippen LogP contribution in [0.1, 0.15) is 48.9 Å². The van der Waals surface area contributed by atoms with Gasteiger partial charge in [-0.1, -0.05) is 10.4 Å². The van der Waals surface area contributed by atoms with Gasteiger partial charge in [0.05, 0.1) is 18.8 Å². The van der Waals surface area contributed by atoms with Crippen molar-refractivity contribution < 1.29 is 17.7 Å². The molecule has 0 spiro atoms. The normalized spacial score (nSPS) is 26.5. The molecule has 10 heteroatoms. The van der Waals surface area contributed by atoms with Gasteiger partial charge in [0.15, 0.2) is 5.76 Å². The van der Waals surface area contributed by atoms with Crippen molar-refractivity contribution in [3.05, 3.63) is 23.3 Å². The number of sulfonamides is 1. The highest BCUT2D eigenvalue weighted by Gasteiger charge is 2.49. The van der Waals surface area contributed by atoms with Crippen LogP contribution in [0.5, 0.6) is 0 Å². The first-order chi connectivity index (χ1) is 12.4. The third kappa shape index (κ3) is 2.76. The number of rotatable bonds is 5. The third-order valence-corrected chi connectivity index (χ3v) is 7.62. The Labute approximate surface area is 152 Å². The monoisotopic (exact) mass is 381 g/mol. The molecular formula is C16H23N5O4S. The number of piperidine rings is 1. The Morgan fingerprint density at radius 2 is 1.92 bits per heavy atom. The lowest BCUT2D eigenvalue weighted by Gasteiger charge is -2.37. The summed E-state index contributed by atoms with van der Waals surface area (Å²) < 4.78 is 40.2. The Morgan fingerprint density at radius 3 is 2.50 bits per heavy atom. The van der Waals surface area contributed by atoms with E-state index in [-0.39, 0.29) is 23.0 Å². The van der Waals surface area contributed by atoms with Gasteiger partial charge in [0.25, 0.3) is 0 Å². The van der Waals surface area contributed by atoms with Crippen LogP contribution >= 0.6 is 0 Å². The van der Waals surface area contributed by atoms with Gasteiger partial charge in [-0.2, -0.15) is 4.31 Å². The summed E-state index contributed by atoms with van der Waals surface area (Å²) in [5.74, 6) is 0.351. The largest absolute Gasteiger partial charge is 0.378 e. The fraction of sp³-hybridized carbons (Fsp3) is 0.688. The van der Waals surface area contributed by atoms with Gasteiger partial charge >= 0.3 is 0 Å². The number of fused-ring (bicyclic) bond motifs is 2. The number of hydrogen-bond acceptors (Lipinski definition) is 7. The molecule has 2 aromatic rings. The molecule has 2 bridgehead atoms. The van der Waals surface area contributed by atoms with E-state index in [1.54, 1.807) is 25.3 Å². The molecule has 0 aromatic carbocycles. The molecule has 26 heavy (non-hydrogen) atoms. The quantitative estimate of drug-likeness (QED) is 0.774. The first-order valence-electron chi connectivity index (χ1n) is 8.78. The summed E-state index contributed by atoms with van der Waals surface area (Å²) in [6, 6.07) is 0.0850. The van der Waals surface area contributed by atoms with Crippen molar-refractivity contribution in [1.82, 2.24) is 24.5 Å². The first-order valence-corrected chi connectivity index (χ1v) is 10.2. The highest BCUT2D eigenvalue weighted by molar-refractivity contribution is 7.89. The Bertz CT molecular complexity index is 872. The SMILES string of the molecule is COCc1cn(C2CC3CCC(C2)N3S(=O)(=O)c2c(C)noc2C)nn1. The van der Waals surface area contributed by atoms with Crippen LogP contribution in [0.2, 0.25) is 0 Å². The van der Waals surface area contributed by atoms with Gasteiger partial charge < -0.3 is 9.26 Å². The zero-order valence-corrected chi connectivity index (χ0v) is 15.9. The molecule has 9 nitrogen and oxygen atoms in total. The van der Waals surface area contributed by atoms with E-state index in [1.807, 2.05) is 10.9 Å². The minimum Gasteiger partial charge on any atom is -0.378 e. The van der Waals surface area contributed by atoms with Gasteiger partial charge in [-0.3, -0.25) is 0 Å². The topological polar surface area (TPSA) is 103 Å². The second kappa shape index (κ2) is 6.43. The minimum absolute atomic E-state index is 0.0347. The van der Waals surface area contributed by atoms with Gasteiger partial charge in [0.1, 0.15) is 16.3 Å². The average molecular weight is 381 g/mol. The smallest absolute Gasteiger partial charge is 0.248 e. The van der Waals surface area contributed by atoms with Crippen LogP contribution < -0.4 is 0 Å². The van der Waals surface area contributed by atoms with Gasteiger partial charge in [-0.25, -0.2) is 13.1 Å². The van der Waals surface area contributed by atoms with Crippen molar-refractivity contribution in [2.24, 2.45) is 0 Å². The molecule has 0 N–H and O–H groups in total. The Balaban J connectivity index is 1.59. The molecule has 142 valence electrons. The van der Waals surface area contributed by atoms with E-state index < -0.39 is 10.0 Å². The Kier molecular flexibility index (Phi) is 4.36. The van der Waals surface area contributed by atoms with Crippen LogP contribution in [0.4, 0.5) is 0 Å². The maximum absolute atomic E-state index is 13.3. The fourth-order valence-corrected chi connectivity index (χ4v) is 6.56. The van der Waals surface area contributed by atoms with Gasteiger partial charge in [0, 0.05) is 19.2 Å². The van der Waals surface area contributed by atoms with E-state index in [1.165, 1.54) is 0 Å². The molecule has 0 radical (unpaired) electrons. The molecule has 2 aliphatic rings. The lowest BCUT2D eigenvalue weighted by Crippen LogP contribution is -2.47. The minimum atomic E-state index is -3.61. The van der Waals surface area contributed by atoms with E-state index >= 15 is 0 Å². The molecule has 0 aliphatic carbocycles. The summed E-state index contributed by atoms with van der Waals surface area (Å²) in [5.41, 5.74) is 1.20. The fourth-order valence-electron chi connectivity index (χ4n) is 4.37. The molecule has 2 atom stereocenters. The maximum Gasteiger partial charge on any atom is 0.248 e. The molecule has 2 aromatic heterocycles. The van der Waals surface area contributed by atoms with Gasteiger partial charge in [-0.05, 0) is 39.5 Å². The van der Waals surface area contributed by atoms with Crippen LogP contribution in [-0.2, 0) is 21.4 Å². The predicted molar refractivity (Wildman–Crippen MR) is 90.8 cm³/mol. The number of aromatic nitrogens is 4. The zero-order chi connectivity index (χ0) is 18.5. The summed E-state index contributed by atoms with van der Waals surface area (Å²) in [5, 5.41) is 12.1. The standard InChI is InChI=1S/C16H23N5O4S/c1-10-16(11(2)25-18-10)26(22,23)21-13-4-5-14(21)7-15(6-13)20-8-12(9-24-3)17-19-20/h8,13-15H,4-7,9H2,1-3H3. The van der Waals surface area contributed by atoms with Gasteiger partial charge in [0.2, 0.25) is 10.0 Å². The molecular weight excluding hydrogens is 358 g/mol. The summed E-state index contributed by atoms with van der Waals surface area (Å²) in [6.07, 6.45) is 5.09. The van der Waals surface area contributed by atoms with Crippen molar-refractivity contribution in [2.45, 2.75) is 69.2 Å². The Morgan fingerprint density at radius 1 is 1.23 bits per heavy atom. The van der Waals surface area contributed by atoms with Crippen LogP contribution in [0.25, 0.3) is 0 Å². The van der Waals surface area contributed by atoms with E-state index in [9.17, 15) is 8.42 Å². The van der Waals surface area contributed by atoms with E-state index in [2.05, 4.69) is 15.5 Å². The number of hydrogen-bond donors (Lipinski definition) is 0. The first kappa shape index (κ1) is 17.6. The second-order valence-corrected chi connectivity index (χ2v) is 8.90. The molecule has 2 aliphatic heterocycles. The van der Waals surface area contributed by atoms with E-state index in [0.29, 0.717) is 18.1 Å². The van der Waals surface area contributed by atoms with E-state index in [0.717, 1.165) is 31.4 Å². The molecule has 4 rings (SSSR count). The van der Waals surface area contributed by atoms with Crippen molar-refractivity contribution in [1.29, 1.82) is 0 Å². The van der Waals surface area contributed by atoms with Crippen LogP contribution in [0.15, 0.2) is 15.6 Å². The molecule has 4 heterocycles. The summed E-state index contributed by atoms with van der Waals surface area (Å²) >= 11 is 0. The molecule has 2 fully saturated rings. The number of nitrogens with zero attached hydrogens (tertiary/aromatic N) is 5. The van der Waals surface area contributed by atoms with Crippen LogP contribution in [-0.4, -0.2) is 52.1 Å². The summed E-state index contributed by atoms with van der Waals surface area (Å²) in [4.78, 5) is 0.219. The predicted octanol–water partition coefficient (Wildman–Crippen LogP) is 1.59. The number of methoxy groups -OCH3 is 1. The Hall–Kier alpha value is -1.78. The van der Waals surface area contributed by atoms with Gasteiger partial charge in [-0.15, -0.1) is 5.10 Å². The van der Waals surface area contributed by atoms with Crippen LogP contribution in [0, 0.1) is 13.8 Å². The highest BCUT2D eigenvalue weighted by Crippen LogP contribution is 2.44. The lowest BCUT2D eigenvalue weighted by atomic mass is 10.00. The molecule has 2 unspecified atom stereocenters. The average Bonchev–Trinajstić information content (AvgIpc) is 3.26. The maximum atomic E-state index is 13.3. The van der Waals surface area contributed by atoms with Crippen molar-refractivity contribution in [3.63, 3.8) is 0 Å². The van der Waals surface area contributed by atoms with Crippen molar-refractivity contribution >= 4 is 10.0 Å². The molecule has 0 saturated carbocycles. The second-order valence-electron chi connectivity index (χ2n) is 7.12. The van der Waals surface area contributed by atoms with Crippen molar-refractivity contribution in [2.75, 3.05) is 7.11 Å². The number of ether oxygens (including phenoxy) is 1. The molecule has 2 saturated heterocycles. The number of aryl methyl sites for hydroxylation is 2. The summed E-state index contributed by atoms with van der Waals surface area (Å²) in [7, 11) is -1.99. The van der Waals surface area contributed by atoms with E-state index in [4.69, 9.17) is 9.26 Å². The highest BCUT2D eigenvalue weighted by atomic mass is 32.2. The van der Waals surface area contributed by atoms with Crippen molar-refractivity contribution in [3.8, 4) is 0 Å². The van der Waals surface area contributed by atoms with Crippen LogP contribution in [0.3, 0.4) is 0 Å². The molecule has 0 amide bonds.